The number of nitrogens with zero attached hydrogens (tertiary/aromatic N) is 2. The zero-order valence-corrected chi connectivity index (χ0v) is 17.9. The molecular weight excluding hydrogens is 378 g/mol. The summed E-state index contributed by atoms with van der Waals surface area (Å²) in [5.74, 6) is 2.65. The fourth-order valence-corrected chi connectivity index (χ4v) is 4.51. The lowest BCUT2D eigenvalue weighted by Crippen LogP contribution is -2.38. The molecule has 4 rings (SSSR count). The molecule has 0 spiro atoms. The van der Waals surface area contributed by atoms with Crippen LogP contribution in [0, 0.1) is 5.92 Å². The van der Waals surface area contributed by atoms with E-state index < -0.39 is 0 Å². The molecule has 0 aliphatic carbocycles. The Bertz CT molecular complexity index is 1080. The van der Waals surface area contributed by atoms with Crippen LogP contribution in [0.2, 0.25) is 0 Å². The van der Waals surface area contributed by atoms with Crippen LogP contribution in [0.3, 0.4) is 0 Å². The van der Waals surface area contributed by atoms with Crippen molar-refractivity contribution < 1.29 is 9.47 Å². The third-order valence-electron chi connectivity index (χ3n) is 6.20. The van der Waals surface area contributed by atoms with Crippen LogP contribution < -0.4 is 20.3 Å². The summed E-state index contributed by atoms with van der Waals surface area (Å²) in [6.45, 7) is 1.88. The molecule has 0 saturated carbocycles. The smallest absolute Gasteiger partial charge is 0.261 e. The molecule has 30 heavy (non-hydrogen) atoms. The minimum absolute atomic E-state index is 0.0451. The first-order valence-electron chi connectivity index (χ1n) is 10.5. The van der Waals surface area contributed by atoms with Crippen molar-refractivity contribution in [1.29, 1.82) is 0 Å². The topological polar surface area (TPSA) is 65.4 Å². The second-order valence-electron chi connectivity index (χ2n) is 7.94. The molecule has 1 aromatic heterocycles. The number of piperidine rings is 1. The maximum Gasteiger partial charge on any atom is 0.261 e. The summed E-state index contributed by atoms with van der Waals surface area (Å²) in [6.07, 6.45) is 3.05. The number of benzene rings is 2. The molecular formula is C24H29N3O3. The highest BCUT2D eigenvalue weighted by Gasteiger charge is 2.30. The molecule has 1 aliphatic rings. The molecule has 1 aliphatic heterocycles. The van der Waals surface area contributed by atoms with Crippen LogP contribution in [0.15, 0.2) is 47.3 Å². The molecule has 6 heteroatoms. The Morgan fingerprint density at radius 3 is 2.60 bits per heavy atom. The summed E-state index contributed by atoms with van der Waals surface area (Å²) in [4.78, 5) is 18.1. The Balaban J connectivity index is 1.70. The predicted molar refractivity (Wildman–Crippen MR) is 119 cm³/mol. The number of aromatic nitrogens is 2. The highest BCUT2D eigenvalue weighted by Crippen LogP contribution is 2.34. The average molecular weight is 408 g/mol. The summed E-state index contributed by atoms with van der Waals surface area (Å²) >= 11 is 0. The predicted octanol–water partition coefficient (Wildman–Crippen LogP) is 3.28. The number of methoxy groups -OCH3 is 2. The Morgan fingerprint density at radius 2 is 1.87 bits per heavy atom. The number of aryl methyl sites for hydroxylation is 1. The number of nitrogens with one attached hydrogen (secondary N) is 1. The van der Waals surface area contributed by atoms with Crippen LogP contribution in [-0.4, -0.2) is 36.9 Å². The molecule has 6 nitrogen and oxygen atoms in total. The largest absolute Gasteiger partial charge is 0.493 e. The van der Waals surface area contributed by atoms with Gasteiger partial charge in [-0.3, -0.25) is 9.36 Å². The molecule has 2 atom stereocenters. The van der Waals surface area contributed by atoms with Gasteiger partial charge >= 0.3 is 0 Å². The fraction of sp³-hybridized carbons (Fsp3) is 0.417. The molecule has 0 amide bonds. The Morgan fingerprint density at radius 1 is 1.13 bits per heavy atom. The van der Waals surface area contributed by atoms with Crippen molar-refractivity contribution in [3.8, 4) is 11.5 Å². The van der Waals surface area contributed by atoms with E-state index in [1.165, 1.54) is 5.56 Å². The van der Waals surface area contributed by atoms with E-state index in [2.05, 4.69) is 29.6 Å². The fourth-order valence-electron chi connectivity index (χ4n) is 4.51. The summed E-state index contributed by atoms with van der Waals surface area (Å²) in [5.41, 5.74) is 1.96. The van der Waals surface area contributed by atoms with E-state index in [0.29, 0.717) is 28.3 Å². The van der Waals surface area contributed by atoms with Crippen LogP contribution in [0.25, 0.3) is 10.9 Å². The highest BCUT2D eigenvalue weighted by molar-refractivity contribution is 5.82. The minimum Gasteiger partial charge on any atom is -0.493 e. The van der Waals surface area contributed by atoms with E-state index in [1.807, 2.05) is 13.1 Å². The van der Waals surface area contributed by atoms with Crippen molar-refractivity contribution in [2.24, 2.45) is 13.0 Å². The number of hydrogen-bond donors (Lipinski definition) is 1. The lowest BCUT2D eigenvalue weighted by molar-refractivity contribution is 0.293. The molecule has 2 aromatic carbocycles. The van der Waals surface area contributed by atoms with E-state index in [1.54, 1.807) is 30.9 Å². The zero-order chi connectivity index (χ0) is 21.1. The monoisotopic (exact) mass is 407 g/mol. The molecule has 3 aromatic rings. The van der Waals surface area contributed by atoms with Gasteiger partial charge in [0, 0.05) is 19.0 Å². The zero-order valence-electron chi connectivity index (χ0n) is 17.9. The standard InChI is InChI=1S/C24H29N3O3/c1-27-23(26-20-14-22(30-3)21(29-2)13-19(20)24(27)28)18-11-12-25-15-17(18)10-9-16-7-5-4-6-8-16/h4-8,13-14,17-18,25H,9-12,15H2,1-3H3. The summed E-state index contributed by atoms with van der Waals surface area (Å²) in [7, 11) is 5.00. The molecule has 1 fully saturated rings. The number of hydrogen-bond acceptors (Lipinski definition) is 5. The SMILES string of the molecule is COc1cc2nc(C3CCNCC3CCc3ccccc3)n(C)c(=O)c2cc1OC. The quantitative estimate of drug-likeness (QED) is 0.679. The van der Waals surface area contributed by atoms with Crippen molar-refractivity contribution in [2.45, 2.75) is 25.2 Å². The van der Waals surface area contributed by atoms with Gasteiger partial charge in [-0.05, 0) is 49.9 Å². The van der Waals surface area contributed by atoms with E-state index in [9.17, 15) is 4.79 Å². The van der Waals surface area contributed by atoms with E-state index in [0.717, 1.165) is 38.2 Å². The van der Waals surface area contributed by atoms with Gasteiger partial charge < -0.3 is 14.8 Å². The third kappa shape index (κ3) is 3.92. The molecule has 0 bridgehead atoms. The molecule has 1 saturated heterocycles. The van der Waals surface area contributed by atoms with Crippen molar-refractivity contribution in [3.63, 3.8) is 0 Å². The second kappa shape index (κ2) is 8.88. The van der Waals surface area contributed by atoms with Gasteiger partial charge in [-0.25, -0.2) is 4.98 Å². The molecule has 1 N–H and O–H groups in total. The Hall–Kier alpha value is -2.86. The van der Waals surface area contributed by atoms with Crippen LogP contribution >= 0.6 is 0 Å². The van der Waals surface area contributed by atoms with Crippen molar-refractivity contribution in [1.82, 2.24) is 14.9 Å². The maximum atomic E-state index is 13.2. The Kier molecular flexibility index (Phi) is 6.04. The lowest BCUT2D eigenvalue weighted by atomic mass is 9.81. The normalized spacial score (nSPS) is 19.0. The van der Waals surface area contributed by atoms with E-state index in [-0.39, 0.29) is 11.5 Å². The van der Waals surface area contributed by atoms with Crippen LogP contribution in [0.4, 0.5) is 0 Å². The molecule has 2 heterocycles. The van der Waals surface area contributed by atoms with Gasteiger partial charge in [0.2, 0.25) is 0 Å². The maximum absolute atomic E-state index is 13.2. The van der Waals surface area contributed by atoms with Crippen molar-refractivity contribution in [2.75, 3.05) is 27.3 Å². The van der Waals surface area contributed by atoms with Gasteiger partial charge in [0.1, 0.15) is 5.82 Å². The first-order chi connectivity index (χ1) is 14.6. The third-order valence-corrected chi connectivity index (χ3v) is 6.20. The molecule has 158 valence electrons. The van der Waals surface area contributed by atoms with Gasteiger partial charge in [0.25, 0.3) is 5.56 Å². The van der Waals surface area contributed by atoms with Crippen LogP contribution in [0.1, 0.15) is 30.1 Å². The van der Waals surface area contributed by atoms with Crippen LogP contribution in [0.5, 0.6) is 11.5 Å². The minimum atomic E-state index is -0.0451. The number of ether oxygens (including phenoxy) is 2. The van der Waals surface area contributed by atoms with Crippen molar-refractivity contribution in [3.05, 3.63) is 64.2 Å². The van der Waals surface area contributed by atoms with Gasteiger partial charge in [-0.2, -0.15) is 0 Å². The van der Waals surface area contributed by atoms with Crippen LogP contribution in [-0.2, 0) is 13.5 Å². The Labute approximate surface area is 176 Å². The molecule has 2 unspecified atom stereocenters. The van der Waals surface area contributed by atoms with Gasteiger partial charge in [0.15, 0.2) is 11.5 Å². The first-order valence-corrected chi connectivity index (χ1v) is 10.5. The summed E-state index contributed by atoms with van der Waals surface area (Å²) < 4.78 is 12.5. The summed E-state index contributed by atoms with van der Waals surface area (Å²) in [6, 6.07) is 14.1. The average Bonchev–Trinajstić information content (AvgIpc) is 2.80. The lowest BCUT2D eigenvalue weighted by Gasteiger charge is -2.33. The van der Waals surface area contributed by atoms with Gasteiger partial charge in [-0.1, -0.05) is 30.3 Å². The number of fused-ring (bicyclic) bond motifs is 1. The molecule has 0 radical (unpaired) electrons. The highest BCUT2D eigenvalue weighted by atomic mass is 16.5. The first kappa shape index (κ1) is 20.4. The van der Waals surface area contributed by atoms with Gasteiger partial charge in [-0.15, -0.1) is 0 Å². The van der Waals surface area contributed by atoms with Gasteiger partial charge in [0.05, 0.1) is 25.1 Å². The summed E-state index contributed by atoms with van der Waals surface area (Å²) in [5, 5.41) is 4.07. The van der Waals surface area contributed by atoms with E-state index >= 15 is 0 Å². The second-order valence-corrected chi connectivity index (χ2v) is 7.94. The van der Waals surface area contributed by atoms with Crippen molar-refractivity contribution >= 4 is 10.9 Å². The van der Waals surface area contributed by atoms with E-state index in [4.69, 9.17) is 14.5 Å². The number of rotatable bonds is 6.